The van der Waals surface area contributed by atoms with Gasteiger partial charge in [0.1, 0.15) is 0 Å². The summed E-state index contributed by atoms with van der Waals surface area (Å²) in [5.41, 5.74) is 1.19. The molecule has 0 aliphatic carbocycles. The van der Waals surface area contributed by atoms with Crippen LogP contribution in [0.1, 0.15) is 6.92 Å². The van der Waals surface area contributed by atoms with Crippen molar-refractivity contribution in [2.24, 2.45) is 0 Å². The predicted octanol–water partition coefficient (Wildman–Crippen LogP) is 1.99. The van der Waals surface area contributed by atoms with E-state index in [0.717, 1.165) is 0 Å². The first-order valence-corrected chi connectivity index (χ1v) is 2.58. The second-order valence-corrected chi connectivity index (χ2v) is 1.53. The third-order valence-corrected chi connectivity index (χ3v) is 1.01. The van der Waals surface area contributed by atoms with Gasteiger partial charge in [-0.05, 0) is 24.6 Å². The lowest BCUT2D eigenvalue weighted by atomic mass is 10.2. The summed E-state index contributed by atoms with van der Waals surface area (Å²) in [6.07, 6.45) is 9.18. The molecule has 1 rings (SSSR count). The highest BCUT2D eigenvalue weighted by Crippen LogP contribution is 2.03. The van der Waals surface area contributed by atoms with E-state index < -0.39 is 0 Å². The summed E-state index contributed by atoms with van der Waals surface area (Å²) in [6.45, 7) is 2.00. The lowest BCUT2D eigenvalue weighted by molar-refractivity contribution is 0.398. The molecular weight excluding hydrogens is 100 g/mol. The molecule has 42 valence electrons. The Labute approximate surface area is 49.0 Å². The summed E-state index contributed by atoms with van der Waals surface area (Å²) in [5.74, 6) is 0. The van der Waals surface area contributed by atoms with Gasteiger partial charge in [-0.15, -0.1) is 0 Å². The topological polar surface area (TPSA) is 9.23 Å². The van der Waals surface area contributed by atoms with Crippen LogP contribution in [0.5, 0.6) is 0 Å². The van der Waals surface area contributed by atoms with Crippen molar-refractivity contribution in [1.82, 2.24) is 0 Å². The molecule has 0 spiro atoms. The van der Waals surface area contributed by atoms with Gasteiger partial charge >= 0.3 is 0 Å². The Morgan fingerprint density at radius 1 is 1.38 bits per heavy atom. The van der Waals surface area contributed by atoms with Crippen molar-refractivity contribution in [1.29, 1.82) is 0 Å². The number of allylic oxidation sites excluding steroid dienone is 4. The van der Waals surface area contributed by atoms with E-state index >= 15 is 0 Å². The van der Waals surface area contributed by atoms with Crippen LogP contribution in [0.25, 0.3) is 0 Å². The van der Waals surface area contributed by atoms with Gasteiger partial charge in [0, 0.05) is 0 Å². The van der Waals surface area contributed by atoms with Crippen LogP contribution in [-0.2, 0) is 4.74 Å². The molecule has 0 unspecified atom stereocenters. The molecule has 0 atom stereocenters. The zero-order chi connectivity index (χ0) is 5.82. The fourth-order valence-corrected chi connectivity index (χ4v) is 0.529. The summed E-state index contributed by atoms with van der Waals surface area (Å²) >= 11 is 0. The lowest BCUT2D eigenvalue weighted by Gasteiger charge is -1.97. The van der Waals surface area contributed by atoms with Gasteiger partial charge in [0.2, 0.25) is 0 Å². The molecule has 0 aromatic carbocycles. The molecule has 0 saturated heterocycles. The highest BCUT2D eigenvalue weighted by molar-refractivity contribution is 5.30. The minimum Gasteiger partial charge on any atom is -0.473 e. The maximum atomic E-state index is 4.80. The summed E-state index contributed by atoms with van der Waals surface area (Å²) in [6, 6.07) is 0. The Balaban J connectivity index is 2.69. The fourth-order valence-electron chi connectivity index (χ4n) is 0.529. The molecule has 1 nitrogen and oxygen atoms in total. The van der Waals surface area contributed by atoms with Crippen molar-refractivity contribution in [2.45, 2.75) is 6.92 Å². The molecule has 1 heteroatoms. The lowest BCUT2D eigenvalue weighted by Crippen LogP contribution is -1.77. The van der Waals surface area contributed by atoms with Gasteiger partial charge in [0.25, 0.3) is 0 Å². The maximum absolute atomic E-state index is 4.80. The van der Waals surface area contributed by atoms with Gasteiger partial charge in [-0.1, -0.05) is 6.08 Å². The van der Waals surface area contributed by atoms with Crippen LogP contribution in [0.4, 0.5) is 0 Å². The van der Waals surface area contributed by atoms with Crippen molar-refractivity contribution < 1.29 is 4.74 Å². The Kier molecular flexibility index (Phi) is 1.52. The van der Waals surface area contributed by atoms with Crippen molar-refractivity contribution in [3.63, 3.8) is 0 Å². The Hall–Kier alpha value is -0.980. The number of hydrogen-bond acceptors (Lipinski definition) is 1. The van der Waals surface area contributed by atoms with Crippen LogP contribution >= 0.6 is 0 Å². The maximum Gasteiger partial charge on any atom is 0.0907 e. The Morgan fingerprint density at radius 3 is 2.38 bits per heavy atom. The molecule has 1 aliphatic heterocycles. The monoisotopic (exact) mass is 108 g/mol. The summed E-state index contributed by atoms with van der Waals surface area (Å²) in [7, 11) is 0. The molecular formula is C7H8O. The third kappa shape index (κ3) is 0.997. The molecule has 0 radical (unpaired) electrons. The number of rotatable bonds is 0. The molecule has 8 heavy (non-hydrogen) atoms. The van der Waals surface area contributed by atoms with E-state index in [1.54, 1.807) is 12.5 Å². The van der Waals surface area contributed by atoms with E-state index in [9.17, 15) is 0 Å². The first kappa shape index (κ1) is 5.16. The predicted molar refractivity (Wildman–Crippen MR) is 33.1 cm³/mol. The van der Waals surface area contributed by atoms with Gasteiger partial charge < -0.3 is 4.74 Å². The highest BCUT2D eigenvalue weighted by atomic mass is 16.5. The van der Waals surface area contributed by atoms with Crippen molar-refractivity contribution in [2.75, 3.05) is 0 Å². The van der Waals surface area contributed by atoms with Gasteiger partial charge in [0.15, 0.2) is 0 Å². The molecule has 0 aromatic heterocycles. The summed E-state index contributed by atoms with van der Waals surface area (Å²) in [4.78, 5) is 0. The van der Waals surface area contributed by atoms with Gasteiger partial charge in [0.05, 0.1) is 12.5 Å². The minimum atomic E-state index is 1.19. The minimum absolute atomic E-state index is 1.19. The van der Waals surface area contributed by atoms with Crippen molar-refractivity contribution in [3.8, 4) is 0 Å². The largest absolute Gasteiger partial charge is 0.473 e. The normalized spacial score (nSPS) is 15.9. The van der Waals surface area contributed by atoms with Crippen LogP contribution in [0.2, 0.25) is 0 Å². The van der Waals surface area contributed by atoms with E-state index in [4.69, 9.17) is 4.74 Å². The molecule has 0 fully saturated rings. The van der Waals surface area contributed by atoms with Gasteiger partial charge in [-0.3, -0.25) is 0 Å². The molecule has 1 heterocycles. The van der Waals surface area contributed by atoms with E-state index in [-0.39, 0.29) is 0 Å². The van der Waals surface area contributed by atoms with E-state index in [1.165, 1.54) is 5.57 Å². The van der Waals surface area contributed by atoms with Gasteiger partial charge in [-0.25, -0.2) is 0 Å². The quantitative estimate of drug-likeness (QED) is 0.461. The molecule has 0 amide bonds. The van der Waals surface area contributed by atoms with Crippen molar-refractivity contribution in [3.05, 3.63) is 36.3 Å². The summed E-state index contributed by atoms with van der Waals surface area (Å²) in [5, 5.41) is 0. The second-order valence-electron chi connectivity index (χ2n) is 1.53. The van der Waals surface area contributed by atoms with E-state index in [1.807, 2.05) is 25.2 Å². The Morgan fingerprint density at radius 2 is 2.00 bits per heavy atom. The molecule has 0 bridgehead atoms. The molecule has 0 saturated carbocycles. The summed E-state index contributed by atoms with van der Waals surface area (Å²) < 4.78 is 4.80. The van der Waals surface area contributed by atoms with E-state index in [2.05, 4.69) is 0 Å². The second kappa shape index (κ2) is 2.36. The Bertz CT molecular complexity index is 138. The number of ether oxygens (including phenoxy) is 1. The van der Waals surface area contributed by atoms with E-state index in [0.29, 0.717) is 0 Å². The van der Waals surface area contributed by atoms with Crippen LogP contribution in [0.3, 0.4) is 0 Å². The zero-order valence-electron chi connectivity index (χ0n) is 4.79. The zero-order valence-corrected chi connectivity index (χ0v) is 4.79. The van der Waals surface area contributed by atoms with Crippen LogP contribution in [0, 0.1) is 0 Å². The third-order valence-electron chi connectivity index (χ3n) is 1.01. The van der Waals surface area contributed by atoms with Gasteiger partial charge in [-0.2, -0.15) is 0 Å². The SMILES string of the molecule is CC=C1C=COC=C1. The highest BCUT2D eigenvalue weighted by Gasteiger charge is 1.86. The van der Waals surface area contributed by atoms with Crippen LogP contribution in [-0.4, -0.2) is 0 Å². The first-order chi connectivity index (χ1) is 3.93. The molecule has 0 N–H and O–H groups in total. The smallest absolute Gasteiger partial charge is 0.0907 e. The average Bonchev–Trinajstić information content (AvgIpc) is 1.90. The average molecular weight is 108 g/mol. The van der Waals surface area contributed by atoms with Crippen LogP contribution in [0.15, 0.2) is 36.3 Å². The standard InChI is InChI=1S/C7H8O/c1-2-7-3-5-8-6-4-7/h2-6H,1H3. The van der Waals surface area contributed by atoms with Crippen molar-refractivity contribution >= 4 is 0 Å². The first-order valence-electron chi connectivity index (χ1n) is 2.58. The fraction of sp³-hybridized carbons (Fsp3) is 0.143. The molecule has 1 aliphatic rings. The molecule has 0 aromatic rings. The number of hydrogen-bond donors (Lipinski definition) is 0. The van der Waals surface area contributed by atoms with Crippen LogP contribution < -0.4 is 0 Å².